The summed E-state index contributed by atoms with van der Waals surface area (Å²) in [6.45, 7) is 1.51. The largest absolute Gasteiger partial charge is 0.457 e. The lowest BCUT2D eigenvalue weighted by Crippen LogP contribution is -2.25. The second-order valence-corrected chi connectivity index (χ2v) is 6.99. The van der Waals surface area contributed by atoms with Crippen molar-refractivity contribution in [3.8, 4) is 0 Å². The van der Waals surface area contributed by atoms with Crippen LogP contribution in [0.3, 0.4) is 0 Å². The molecule has 0 fully saturated rings. The highest BCUT2D eigenvalue weighted by Crippen LogP contribution is 2.11. The molecule has 26 heavy (non-hydrogen) atoms. The highest BCUT2D eigenvalue weighted by Gasteiger charge is 2.11. The van der Waals surface area contributed by atoms with E-state index in [1.54, 1.807) is 0 Å². The summed E-state index contributed by atoms with van der Waals surface area (Å²) >= 11 is 0. The molecule has 0 radical (unpaired) electrons. The van der Waals surface area contributed by atoms with Crippen LogP contribution in [-0.4, -0.2) is 46.7 Å². The monoisotopic (exact) mass is 372 g/mol. The van der Waals surface area contributed by atoms with E-state index in [0.717, 1.165) is 57.8 Å². The van der Waals surface area contributed by atoms with E-state index in [2.05, 4.69) is 19.1 Å². The van der Waals surface area contributed by atoms with E-state index >= 15 is 0 Å². The minimum atomic E-state index is -0.788. The van der Waals surface area contributed by atoms with E-state index in [9.17, 15) is 9.90 Å². The molecule has 0 bridgehead atoms. The molecule has 1 atom stereocenters. The molecule has 0 heterocycles. The number of hydrogen-bond donors (Lipinski definition) is 3. The maximum absolute atomic E-state index is 11.5. The van der Waals surface area contributed by atoms with E-state index in [0.29, 0.717) is 6.42 Å². The summed E-state index contributed by atoms with van der Waals surface area (Å²) in [5.41, 5.74) is 0. The molecule has 3 N–H and O–H groups in total. The molecular weight excluding hydrogens is 332 g/mol. The molecule has 0 aliphatic rings. The molecule has 0 spiro atoms. The first-order valence-electron chi connectivity index (χ1n) is 10.4. The predicted octanol–water partition coefficient (Wildman–Crippen LogP) is 3.89. The standard InChI is InChI=1S/C21H40O5/c1-2-3-4-11-14-19(24)15-12-9-7-5-6-8-10-13-16-21(25)26-20(17-22)18-23/h9,12,19-20,22-24H,2-8,10-11,13-18H2,1H3/b12-9+. The van der Waals surface area contributed by atoms with Gasteiger partial charge in [0.25, 0.3) is 0 Å². The molecule has 0 saturated carbocycles. The highest BCUT2D eigenvalue weighted by molar-refractivity contribution is 5.69. The Morgan fingerprint density at radius 1 is 0.923 bits per heavy atom. The lowest BCUT2D eigenvalue weighted by molar-refractivity contribution is -0.153. The number of unbranched alkanes of at least 4 members (excludes halogenated alkanes) is 8. The Hall–Kier alpha value is -0.910. The number of carbonyl (C=O) groups is 1. The van der Waals surface area contributed by atoms with Gasteiger partial charge in [-0.25, -0.2) is 0 Å². The maximum Gasteiger partial charge on any atom is 0.306 e. The number of hydrogen-bond acceptors (Lipinski definition) is 5. The first-order chi connectivity index (χ1) is 12.6. The van der Waals surface area contributed by atoms with Crippen LogP contribution in [0, 0.1) is 0 Å². The van der Waals surface area contributed by atoms with Crippen molar-refractivity contribution in [3.63, 3.8) is 0 Å². The van der Waals surface area contributed by atoms with Crippen LogP contribution in [0.15, 0.2) is 12.2 Å². The fourth-order valence-electron chi connectivity index (χ4n) is 2.73. The van der Waals surface area contributed by atoms with Crippen LogP contribution >= 0.6 is 0 Å². The van der Waals surface area contributed by atoms with Crippen LogP contribution in [0.5, 0.6) is 0 Å². The number of aliphatic hydroxyl groups excluding tert-OH is 3. The number of carbonyl (C=O) groups excluding carboxylic acids is 1. The number of rotatable bonds is 18. The minimum Gasteiger partial charge on any atom is -0.457 e. The van der Waals surface area contributed by atoms with Crippen LogP contribution in [0.2, 0.25) is 0 Å². The van der Waals surface area contributed by atoms with Gasteiger partial charge in [-0.3, -0.25) is 4.79 Å². The topological polar surface area (TPSA) is 87.0 Å². The van der Waals surface area contributed by atoms with E-state index in [1.807, 2.05) is 0 Å². The Labute approximate surface area is 159 Å². The van der Waals surface area contributed by atoms with Crippen molar-refractivity contribution in [1.29, 1.82) is 0 Å². The zero-order valence-corrected chi connectivity index (χ0v) is 16.6. The summed E-state index contributed by atoms with van der Waals surface area (Å²) in [5, 5.41) is 27.5. The van der Waals surface area contributed by atoms with Crippen molar-refractivity contribution in [3.05, 3.63) is 12.2 Å². The molecule has 154 valence electrons. The number of ether oxygens (including phenoxy) is 1. The third kappa shape index (κ3) is 16.6. The van der Waals surface area contributed by atoms with Crippen LogP contribution in [0.4, 0.5) is 0 Å². The molecule has 0 rings (SSSR count). The summed E-state index contributed by atoms with van der Waals surface area (Å²) in [6.07, 6.45) is 16.3. The zero-order valence-electron chi connectivity index (χ0n) is 16.6. The van der Waals surface area contributed by atoms with Gasteiger partial charge in [0, 0.05) is 6.42 Å². The number of allylic oxidation sites excluding steroid dienone is 1. The second-order valence-electron chi connectivity index (χ2n) is 6.99. The van der Waals surface area contributed by atoms with E-state index in [4.69, 9.17) is 14.9 Å². The normalized spacial score (nSPS) is 12.8. The molecule has 0 aliphatic carbocycles. The van der Waals surface area contributed by atoms with Crippen molar-refractivity contribution in [2.75, 3.05) is 13.2 Å². The van der Waals surface area contributed by atoms with Crippen LogP contribution < -0.4 is 0 Å². The lowest BCUT2D eigenvalue weighted by atomic mass is 10.1. The molecule has 5 nitrogen and oxygen atoms in total. The van der Waals surface area contributed by atoms with Gasteiger partial charge < -0.3 is 20.1 Å². The summed E-state index contributed by atoms with van der Waals surface area (Å²) in [7, 11) is 0. The van der Waals surface area contributed by atoms with Crippen molar-refractivity contribution in [2.45, 2.75) is 103 Å². The second kappa shape index (κ2) is 18.9. The fraction of sp³-hybridized carbons (Fsp3) is 0.857. The lowest BCUT2D eigenvalue weighted by Gasteiger charge is -2.12. The predicted molar refractivity (Wildman–Crippen MR) is 105 cm³/mol. The molecule has 5 heteroatoms. The first-order valence-corrected chi connectivity index (χ1v) is 10.4. The number of aliphatic hydroxyl groups is 3. The Morgan fingerprint density at radius 2 is 1.58 bits per heavy atom. The average molecular weight is 373 g/mol. The van der Waals surface area contributed by atoms with E-state index in [-0.39, 0.29) is 25.3 Å². The third-order valence-corrected chi connectivity index (χ3v) is 4.42. The van der Waals surface area contributed by atoms with Gasteiger partial charge >= 0.3 is 5.97 Å². The SMILES string of the molecule is CCCCCCC(O)C/C=C/CCCCCCCC(=O)OC(CO)CO. The van der Waals surface area contributed by atoms with Crippen LogP contribution in [0.25, 0.3) is 0 Å². The summed E-state index contributed by atoms with van der Waals surface area (Å²) in [4.78, 5) is 11.5. The zero-order chi connectivity index (χ0) is 19.5. The third-order valence-electron chi connectivity index (χ3n) is 4.42. The van der Waals surface area contributed by atoms with Crippen molar-refractivity contribution < 1.29 is 24.9 Å². The van der Waals surface area contributed by atoms with Gasteiger partial charge in [-0.1, -0.05) is 64.0 Å². The Morgan fingerprint density at radius 3 is 2.27 bits per heavy atom. The molecular formula is C21H40O5. The van der Waals surface area contributed by atoms with Gasteiger partial charge in [0.1, 0.15) is 6.10 Å². The van der Waals surface area contributed by atoms with Gasteiger partial charge in [-0.15, -0.1) is 0 Å². The molecule has 0 aromatic rings. The molecule has 0 saturated heterocycles. The molecule has 0 aromatic carbocycles. The van der Waals surface area contributed by atoms with Crippen molar-refractivity contribution in [2.24, 2.45) is 0 Å². The fourth-order valence-corrected chi connectivity index (χ4v) is 2.73. The summed E-state index contributed by atoms with van der Waals surface area (Å²) in [6, 6.07) is 0. The molecule has 0 aromatic heterocycles. The molecule has 1 unspecified atom stereocenters. The highest BCUT2D eigenvalue weighted by atomic mass is 16.6. The van der Waals surface area contributed by atoms with Crippen LogP contribution in [-0.2, 0) is 9.53 Å². The van der Waals surface area contributed by atoms with Crippen molar-refractivity contribution >= 4 is 5.97 Å². The van der Waals surface area contributed by atoms with Gasteiger partial charge in [0.05, 0.1) is 19.3 Å². The van der Waals surface area contributed by atoms with Crippen molar-refractivity contribution in [1.82, 2.24) is 0 Å². The smallest absolute Gasteiger partial charge is 0.306 e. The number of esters is 1. The molecule has 0 amide bonds. The minimum absolute atomic E-state index is 0.195. The van der Waals surface area contributed by atoms with Gasteiger partial charge in [0.15, 0.2) is 0 Å². The van der Waals surface area contributed by atoms with Gasteiger partial charge in [-0.05, 0) is 32.1 Å². The average Bonchev–Trinajstić information content (AvgIpc) is 2.64. The summed E-state index contributed by atoms with van der Waals surface area (Å²) in [5.74, 6) is -0.353. The van der Waals surface area contributed by atoms with E-state index < -0.39 is 6.10 Å². The maximum atomic E-state index is 11.5. The Bertz CT molecular complexity index is 339. The Balaban J connectivity index is 3.41. The van der Waals surface area contributed by atoms with Gasteiger partial charge in [-0.2, -0.15) is 0 Å². The quantitative estimate of drug-likeness (QED) is 0.193. The van der Waals surface area contributed by atoms with Crippen LogP contribution in [0.1, 0.15) is 90.4 Å². The molecule has 0 aliphatic heterocycles. The summed E-state index contributed by atoms with van der Waals surface area (Å²) < 4.78 is 4.91. The van der Waals surface area contributed by atoms with Gasteiger partial charge in [0.2, 0.25) is 0 Å². The van der Waals surface area contributed by atoms with E-state index in [1.165, 1.54) is 19.3 Å². The Kier molecular flexibility index (Phi) is 18.2. The first kappa shape index (κ1) is 25.1.